The van der Waals surface area contributed by atoms with Gasteiger partial charge in [0.05, 0.1) is 12.1 Å². The minimum absolute atomic E-state index is 0.0282. The van der Waals surface area contributed by atoms with Gasteiger partial charge in [0.15, 0.2) is 0 Å². The van der Waals surface area contributed by atoms with E-state index in [0.29, 0.717) is 16.8 Å². The lowest BCUT2D eigenvalue weighted by atomic mass is 10.1. The molecule has 27 heavy (non-hydrogen) atoms. The molecule has 1 amide bonds. The maximum absolute atomic E-state index is 13.2. The first-order chi connectivity index (χ1) is 13.1. The summed E-state index contributed by atoms with van der Waals surface area (Å²) in [5.41, 5.74) is 0.389. The topological polar surface area (TPSA) is 101 Å². The van der Waals surface area contributed by atoms with E-state index >= 15 is 0 Å². The molecule has 4 aromatic rings. The highest BCUT2D eigenvalue weighted by Gasteiger charge is 2.14. The van der Waals surface area contributed by atoms with Crippen LogP contribution in [0.2, 0.25) is 0 Å². The Kier molecular flexibility index (Phi) is 4.21. The van der Waals surface area contributed by atoms with E-state index in [0.717, 1.165) is 5.56 Å². The Morgan fingerprint density at radius 2 is 1.93 bits per heavy atom. The molecule has 2 heterocycles. The SMILES string of the molecule is O=C(NCc1nnc(-c2ccccc2)o1)c1cc2ccc(F)cc2[nH]c1=O. The number of nitrogens with zero attached hydrogens (tertiary/aromatic N) is 2. The van der Waals surface area contributed by atoms with Crippen molar-refractivity contribution in [2.24, 2.45) is 0 Å². The number of rotatable bonds is 4. The van der Waals surface area contributed by atoms with E-state index in [1.54, 1.807) is 0 Å². The van der Waals surface area contributed by atoms with E-state index < -0.39 is 17.3 Å². The highest BCUT2D eigenvalue weighted by molar-refractivity contribution is 5.97. The fourth-order valence-corrected chi connectivity index (χ4v) is 2.62. The van der Waals surface area contributed by atoms with E-state index in [-0.39, 0.29) is 18.0 Å². The fraction of sp³-hybridized carbons (Fsp3) is 0.0526. The molecule has 0 fully saturated rings. The molecule has 134 valence electrons. The van der Waals surface area contributed by atoms with Crippen molar-refractivity contribution in [1.82, 2.24) is 20.5 Å². The molecule has 0 saturated carbocycles. The van der Waals surface area contributed by atoms with Crippen LogP contribution in [0.1, 0.15) is 16.2 Å². The van der Waals surface area contributed by atoms with Crippen molar-refractivity contribution in [2.45, 2.75) is 6.54 Å². The van der Waals surface area contributed by atoms with E-state index in [1.165, 1.54) is 24.3 Å². The number of halogens is 1. The summed E-state index contributed by atoms with van der Waals surface area (Å²) in [6.45, 7) is -0.0282. The first-order valence-electron chi connectivity index (χ1n) is 8.09. The van der Waals surface area contributed by atoms with E-state index in [9.17, 15) is 14.0 Å². The lowest BCUT2D eigenvalue weighted by Gasteiger charge is -2.04. The van der Waals surface area contributed by atoms with Gasteiger partial charge < -0.3 is 14.7 Å². The van der Waals surface area contributed by atoms with Crippen molar-refractivity contribution < 1.29 is 13.6 Å². The van der Waals surface area contributed by atoms with Gasteiger partial charge in [0.2, 0.25) is 11.8 Å². The minimum atomic E-state index is -0.610. The van der Waals surface area contributed by atoms with Gasteiger partial charge >= 0.3 is 0 Å². The number of benzene rings is 2. The summed E-state index contributed by atoms with van der Waals surface area (Å²) in [5, 5.41) is 10.9. The molecule has 0 aliphatic carbocycles. The molecule has 2 aromatic heterocycles. The quantitative estimate of drug-likeness (QED) is 0.580. The lowest BCUT2D eigenvalue weighted by Crippen LogP contribution is -2.29. The molecule has 0 saturated heterocycles. The molecule has 0 unspecified atom stereocenters. The van der Waals surface area contributed by atoms with Gasteiger partial charge in [0.1, 0.15) is 11.4 Å². The summed E-state index contributed by atoms with van der Waals surface area (Å²) in [4.78, 5) is 26.9. The third-order valence-corrected chi connectivity index (χ3v) is 3.94. The number of pyridine rings is 1. The van der Waals surface area contributed by atoms with Crippen LogP contribution in [0, 0.1) is 5.82 Å². The summed E-state index contributed by atoms with van der Waals surface area (Å²) >= 11 is 0. The highest BCUT2D eigenvalue weighted by atomic mass is 19.1. The normalized spacial score (nSPS) is 10.9. The van der Waals surface area contributed by atoms with Gasteiger partial charge in [-0.1, -0.05) is 18.2 Å². The number of hydrogen-bond donors (Lipinski definition) is 2. The van der Waals surface area contributed by atoms with Crippen LogP contribution in [-0.4, -0.2) is 21.1 Å². The molecular formula is C19H13FN4O3. The molecule has 0 radical (unpaired) electrons. The van der Waals surface area contributed by atoms with Crippen LogP contribution in [-0.2, 0) is 6.54 Å². The van der Waals surface area contributed by atoms with Gasteiger partial charge in [-0.25, -0.2) is 4.39 Å². The molecule has 8 heteroatoms. The van der Waals surface area contributed by atoms with Crippen LogP contribution in [0.25, 0.3) is 22.4 Å². The average Bonchev–Trinajstić information content (AvgIpc) is 3.15. The second kappa shape index (κ2) is 6.83. The van der Waals surface area contributed by atoms with Crippen LogP contribution in [0.5, 0.6) is 0 Å². The summed E-state index contributed by atoms with van der Waals surface area (Å²) < 4.78 is 18.7. The van der Waals surface area contributed by atoms with Crippen molar-refractivity contribution in [3.05, 3.63) is 82.2 Å². The number of H-pyrrole nitrogens is 1. The Labute approximate surface area is 151 Å². The largest absolute Gasteiger partial charge is 0.419 e. The van der Waals surface area contributed by atoms with Gasteiger partial charge in [-0.3, -0.25) is 9.59 Å². The molecule has 0 spiro atoms. The van der Waals surface area contributed by atoms with Gasteiger partial charge in [-0.05, 0) is 41.8 Å². The molecule has 0 atom stereocenters. The standard InChI is InChI=1S/C19H13FN4O3/c20-13-7-6-12-8-14(18(26)22-15(12)9-13)17(25)21-10-16-23-24-19(27-16)11-4-2-1-3-5-11/h1-9H,10H2,(H,21,25)(H,22,26). The number of carbonyl (C=O) groups excluding carboxylic acids is 1. The average molecular weight is 364 g/mol. The number of carbonyl (C=O) groups is 1. The molecule has 0 aliphatic rings. The summed E-state index contributed by atoms with van der Waals surface area (Å²) in [7, 11) is 0. The molecule has 2 aromatic carbocycles. The van der Waals surface area contributed by atoms with Crippen molar-refractivity contribution in [2.75, 3.05) is 0 Å². The number of aromatic nitrogens is 3. The third kappa shape index (κ3) is 3.45. The zero-order chi connectivity index (χ0) is 18.8. The van der Waals surface area contributed by atoms with Crippen LogP contribution in [0.15, 0.2) is 63.8 Å². The molecule has 2 N–H and O–H groups in total. The van der Waals surface area contributed by atoms with Crippen LogP contribution < -0.4 is 10.9 Å². The Hall–Kier alpha value is -3.81. The molecular weight excluding hydrogens is 351 g/mol. The highest BCUT2D eigenvalue weighted by Crippen LogP contribution is 2.17. The van der Waals surface area contributed by atoms with Gasteiger partial charge in [0, 0.05) is 5.56 Å². The number of fused-ring (bicyclic) bond motifs is 1. The molecule has 0 aliphatic heterocycles. The second-order valence-electron chi connectivity index (χ2n) is 5.79. The van der Waals surface area contributed by atoms with Crippen molar-refractivity contribution in [1.29, 1.82) is 0 Å². The predicted molar refractivity (Wildman–Crippen MR) is 95.4 cm³/mol. The fourth-order valence-electron chi connectivity index (χ4n) is 2.62. The minimum Gasteiger partial charge on any atom is -0.419 e. The number of nitrogens with one attached hydrogen (secondary N) is 2. The number of aromatic amines is 1. The summed E-state index contributed by atoms with van der Waals surface area (Å²) in [6.07, 6.45) is 0. The summed E-state index contributed by atoms with van der Waals surface area (Å²) in [5.74, 6) is -0.519. The molecule has 4 rings (SSSR count). The van der Waals surface area contributed by atoms with Crippen molar-refractivity contribution in [3.63, 3.8) is 0 Å². The van der Waals surface area contributed by atoms with Gasteiger partial charge in [-0.2, -0.15) is 0 Å². The Bertz CT molecular complexity index is 1180. The van der Waals surface area contributed by atoms with Gasteiger partial charge in [0.25, 0.3) is 11.5 Å². The second-order valence-corrected chi connectivity index (χ2v) is 5.79. The molecule has 0 bridgehead atoms. The van der Waals surface area contributed by atoms with E-state index in [2.05, 4.69) is 20.5 Å². The Morgan fingerprint density at radius 3 is 2.74 bits per heavy atom. The van der Waals surface area contributed by atoms with Gasteiger partial charge in [-0.15, -0.1) is 10.2 Å². The number of hydrogen-bond acceptors (Lipinski definition) is 5. The van der Waals surface area contributed by atoms with Crippen molar-refractivity contribution >= 4 is 16.8 Å². The lowest BCUT2D eigenvalue weighted by molar-refractivity contribution is 0.0946. The van der Waals surface area contributed by atoms with Crippen LogP contribution in [0.4, 0.5) is 4.39 Å². The predicted octanol–water partition coefficient (Wildman–Crippen LogP) is 2.65. The van der Waals surface area contributed by atoms with E-state index in [4.69, 9.17) is 4.42 Å². The Morgan fingerprint density at radius 1 is 1.11 bits per heavy atom. The summed E-state index contributed by atoms with van der Waals surface area (Å²) in [6, 6.07) is 14.6. The number of amides is 1. The third-order valence-electron chi connectivity index (χ3n) is 3.94. The maximum atomic E-state index is 13.2. The van der Waals surface area contributed by atoms with Crippen LogP contribution in [0.3, 0.4) is 0 Å². The van der Waals surface area contributed by atoms with Crippen molar-refractivity contribution in [3.8, 4) is 11.5 Å². The monoisotopic (exact) mass is 364 g/mol. The maximum Gasteiger partial charge on any atom is 0.261 e. The zero-order valence-electron chi connectivity index (χ0n) is 13.9. The smallest absolute Gasteiger partial charge is 0.261 e. The first-order valence-corrected chi connectivity index (χ1v) is 8.09. The zero-order valence-corrected chi connectivity index (χ0v) is 13.9. The molecule has 7 nitrogen and oxygen atoms in total. The first kappa shape index (κ1) is 16.6. The van der Waals surface area contributed by atoms with Crippen LogP contribution >= 0.6 is 0 Å². The van der Waals surface area contributed by atoms with E-state index in [1.807, 2.05) is 30.3 Å². The Balaban J connectivity index is 1.51.